The molecule has 2 rings (SSSR count). The van der Waals surface area contributed by atoms with Crippen LogP contribution in [0.5, 0.6) is 5.75 Å². The molecule has 0 bridgehead atoms. The highest BCUT2D eigenvalue weighted by molar-refractivity contribution is 5.85. The van der Waals surface area contributed by atoms with Crippen LogP contribution in [0.4, 0.5) is 0 Å². The Morgan fingerprint density at radius 3 is 2.64 bits per heavy atom. The molecule has 0 unspecified atom stereocenters. The molecule has 2 atom stereocenters. The number of amides is 2. The van der Waals surface area contributed by atoms with E-state index in [1.165, 1.54) is 5.56 Å². The molecule has 2 amide bonds. The number of likely N-dealkylation sites (N-methyl/N-ethyl adjacent to an activating group) is 1. The normalized spacial score (nSPS) is 20.8. The second kappa shape index (κ2) is 11.7. The van der Waals surface area contributed by atoms with Crippen LogP contribution >= 0.6 is 0 Å². The third-order valence-electron chi connectivity index (χ3n) is 5.18. The van der Waals surface area contributed by atoms with Crippen LogP contribution in [-0.4, -0.2) is 63.7 Å². The second-order valence-electron chi connectivity index (χ2n) is 7.32. The molecule has 1 saturated heterocycles. The lowest BCUT2D eigenvalue weighted by Crippen LogP contribution is -2.42. The van der Waals surface area contributed by atoms with Crippen molar-refractivity contribution in [2.24, 2.45) is 5.92 Å². The van der Waals surface area contributed by atoms with E-state index in [4.69, 9.17) is 9.47 Å². The van der Waals surface area contributed by atoms with Crippen molar-refractivity contribution < 1.29 is 19.1 Å². The zero-order valence-corrected chi connectivity index (χ0v) is 17.2. The summed E-state index contributed by atoms with van der Waals surface area (Å²) in [5.41, 5.74) is 1.17. The quantitative estimate of drug-likeness (QED) is 0.658. The van der Waals surface area contributed by atoms with Gasteiger partial charge in [0.05, 0.1) is 13.7 Å². The summed E-state index contributed by atoms with van der Waals surface area (Å²) in [4.78, 5) is 26.7. The molecular weight excluding hydrogens is 358 g/mol. The highest BCUT2D eigenvalue weighted by atomic mass is 16.5. The molecule has 1 aromatic rings. The van der Waals surface area contributed by atoms with E-state index in [1.54, 1.807) is 19.1 Å². The van der Waals surface area contributed by atoms with E-state index in [2.05, 4.69) is 10.6 Å². The van der Waals surface area contributed by atoms with Gasteiger partial charge in [-0.05, 0) is 30.5 Å². The van der Waals surface area contributed by atoms with Crippen molar-refractivity contribution in [3.8, 4) is 5.75 Å². The molecule has 156 valence electrons. The van der Waals surface area contributed by atoms with Gasteiger partial charge in [-0.15, -0.1) is 0 Å². The van der Waals surface area contributed by atoms with Gasteiger partial charge in [0, 0.05) is 52.2 Å². The maximum absolute atomic E-state index is 12.5. The van der Waals surface area contributed by atoms with Gasteiger partial charge in [0.1, 0.15) is 5.75 Å². The van der Waals surface area contributed by atoms with Crippen LogP contribution in [0, 0.1) is 5.92 Å². The predicted molar refractivity (Wildman–Crippen MR) is 108 cm³/mol. The number of ether oxygens (including phenoxy) is 2. The average molecular weight is 392 g/mol. The predicted octanol–water partition coefficient (Wildman–Crippen LogP) is 1.56. The third-order valence-corrected chi connectivity index (χ3v) is 5.18. The molecule has 7 nitrogen and oxygen atoms in total. The largest absolute Gasteiger partial charge is 0.497 e. The van der Waals surface area contributed by atoms with Gasteiger partial charge in [-0.3, -0.25) is 9.59 Å². The van der Waals surface area contributed by atoms with Gasteiger partial charge in [0.15, 0.2) is 0 Å². The monoisotopic (exact) mass is 391 g/mol. The van der Waals surface area contributed by atoms with Crippen LogP contribution in [0.2, 0.25) is 0 Å². The summed E-state index contributed by atoms with van der Waals surface area (Å²) in [6.45, 7) is 2.33. The number of benzene rings is 1. The van der Waals surface area contributed by atoms with Crippen molar-refractivity contribution in [3.05, 3.63) is 29.8 Å². The summed E-state index contributed by atoms with van der Waals surface area (Å²) < 4.78 is 10.2. The highest BCUT2D eigenvalue weighted by Crippen LogP contribution is 2.19. The molecule has 0 aliphatic carbocycles. The maximum Gasteiger partial charge on any atom is 0.223 e. The van der Waals surface area contributed by atoms with Crippen LogP contribution in [0.25, 0.3) is 0 Å². The topological polar surface area (TPSA) is 79.9 Å². The van der Waals surface area contributed by atoms with Crippen LogP contribution in [0.1, 0.15) is 31.2 Å². The smallest absolute Gasteiger partial charge is 0.223 e. The fourth-order valence-electron chi connectivity index (χ4n) is 3.42. The average Bonchev–Trinajstić information content (AvgIpc) is 2.77. The van der Waals surface area contributed by atoms with Crippen LogP contribution in [0.3, 0.4) is 0 Å². The number of methoxy groups -OCH3 is 2. The molecule has 0 saturated carbocycles. The summed E-state index contributed by atoms with van der Waals surface area (Å²) >= 11 is 0. The van der Waals surface area contributed by atoms with Crippen LogP contribution in [-0.2, 0) is 20.9 Å². The van der Waals surface area contributed by atoms with E-state index in [-0.39, 0.29) is 30.2 Å². The van der Waals surface area contributed by atoms with E-state index in [1.807, 2.05) is 31.3 Å². The lowest BCUT2D eigenvalue weighted by Gasteiger charge is -2.24. The molecule has 0 aromatic heterocycles. The van der Waals surface area contributed by atoms with E-state index in [9.17, 15) is 9.59 Å². The van der Waals surface area contributed by atoms with Crippen molar-refractivity contribution in [2.45, 2.75) is 38.3 Å². The van der Waals surface area contributed by atoms with Gasteiger partial charge in [-0.1, -0.05) is 18.6 Å². The Morgan fingerprint density at radius 2 is 1.96 bits per heavy atom. The fraction of sp³-hybridized carbons (Fsp3) is 0.619. The number of nitrogens with zero attached hydrogens (tertiary/aromatic N) is 1. The van der Waals surface area contributed by atoms with Gasteiger partial charge < -0.3 is 25.0 Å². The number of rotatable bonds is 8. The first-order valence-electron chi connectivity index (χ1n) is 9.90. The fourth-order valence-corrected chi connectivity index (χ4v) is 3.42. The molecule has 1 aromatic carbocycles. The molecule has 1 aliphatic rings. The van der Waals surface area contributed by atoms with Crippen molar-refractivity contribution in [3.63, 3.8) is 0 Å². The standard InChI is InChI=1S/C21H33N3O4/c1-24-15-18(23-14-16-7-9-19(28-3)10-8-16)6-4-5-17(13-20(24)25)21(26)22-11-12-27-2/h7-10,17-18,23H,4-6,11-15H2,1-3H3,(H,22,26)/t17-,18-/m1/s1. The molecule has 1 aliphatic heterocycles. The van der Waals surface area contributed by atoms with Gasteiger partial charge in [-0.25, -0.2) is 0 Å². The number of carbonyl (C=O) groups is 2. The summed E-state index contributed by atoms with van der Waals surface area (Å²) in [7, 11) is 5.07. The summed E-state index contributed by atoms with van der Waals surface area (Å²) in [5, 5.41) is 6.42. The molecule has 1 heterocycles. The first kappa shape index (κ1) is 22.2. The first-order valence-corrected chi connectivity index (χ1v) is 9.90. The molecule has 7 heteroatoms. The summed E-state index contributed by atoms with van der Waals surface area (Å²) in [6, 6.07) is 8.17. The minimum Gasteiger partial charge on any atom is -0.497 e. The molecule has 2 N–H and O–H groups in total. The SMILES string of the molecule is COCCNC(=O)[C@@H]1CCC[C@@H](NCc2ccc(OC)cc2)CN(C)C(=O)C1. The summed E-state index contributed by atoms with van der Waals surface area (Å²) in [6.07, 6.45) is 2.82. The molecular formula is C21H33N3O4. The third kappa shape index (κ3) is 7.13. The molecule has 0 spiro atoms. The van der Waals surface area contributed by atoms with Gasteiger partial charge in [0.2, 0.25) is 11.8 Å². The Morgan fingerprint density at radius 1 is 1.21 bits per heavy atom. The minimum absolute atomic E-state index is 0.0186. The first-order chi connectivity index (χ1) is 13.5. The lowest BCUT2D eigenvalue weighted by molar-refractivity contribution is -0.135. The number of nitrogens with one attached hydrogen (secondary N) is 2. The van der Waals surface area contributed by atoms with E-state index >= 15 is 0 Å². The van der Waals surface area contributed by atoms with Crippen molar-refractivity contribution >= 4 is 11.8 Å². The minimum atomic E-state index is -0.271. The van der Waals surface area contributed by atoms with Crippen molar-refractivity contribution in [1.29, 1.82) is 0 Å². The molecule has 1 fully saturated rings. The van der Waals surface area contributed by atoms with Gasteiger partial charge in [0.25, 0.3) is 0 Å². The van der Waals surface area contributed by atoms with Crippen molar-refractivity contribution in [2.75, 3.05) is 41.0 Å². The maximum atomic E-state index is 12.5. The zero-order valence-electron chi connectivity index (χ0n) is 17.2. The highest BCUT2D eigenvalue weighted by Gasteiger charge is 2.26. The van der Waals surface area contributed by atoms with Crippen LogP contribution < -0.4 is 15.4 Å². The number of hydrogen-bond acceptors (Lipinski definition) is 5. The lowest BCUT2D eigenvalue weighted by atomic mass is 9.96. The zero-order chi connectivity index (χ0) is 20.4. The second-order valence-corrected chi connectivity index (χ2v) is 7.32. The number of carbonyl (C=O) groups excluding carboxylic acids is 2. The van der Waals surface area contributed by atoms with Crippen molar-refractivity contribution in [1.82, 2.24) is 15.5 Å². The Hall–Kier alpha value is -2.12. The Balaban J connectivity index is 1.89. The number of hydrogen-bond donors (Lipinski definition) is 2. The van der Waals surface area contributed by atoms with E-state index in [0.29, 0.717) is 19.7 Å². The van der Waals surface area contributed by atoms with E-state index in [0.717, 1.165) is 31.6 Å². The Bertz CT molecular complexity index is 621. The van der Waals surface area contributed by atoms with E-state index < -0.39 is 0 Å². The molecule has 28 heavy (non-hydrogen) atoms. The Kier molecular flexibility index (Phi) is 9.23. The van der Waals surface area contributed by atoms with Crippen LogP contribution in [0.15, 0.2) is 24.3 Å². The molecule has 0 radical (unpaired) electrons. The summed E-state index contributed by atoms with van der Waals surface area (Å²) in [5.74, 6) is 0.534. The Labute approximate surface area is 167 Å². The van der Waals surface area contributed by atoms with Gasteiger partial charge >= 0.3 is 0 Å². The van der Waals surface area contributed by atoms with Gasteiger partial charge in [-0.2, -0.15) is 0 Å².